The molecule has 2 aliphatic heterocycles. The Kier molecular flexibility index (Phi) is 8.32. The summed E-state index contributed by atoms with van der Waals surface area (Å²) in [6.07, 6.45) is 4.51. The number of piperidine rings is 1. The summed E-state index contributed by atoms with van der Waals surface area (Å²) in [5.74, 6) is -0.726. The first-order valence-electron chi connectivity index (χ1n) is 11.6. The number of hydrogen-bond acceptors (Lipinski definition) is 6. The lowest BCUT2D eigenvalue weighted by atomic mass is 10.1. The van der Waals surface area contributed by atoms with Crippen molar-refractivity contribution in [1.29, 1.82) is 0 Å². The van der Waals surface area contributed by atoms with Crippen LogP contribution in [0.1, 0.15) is 30.4 Å². The fourth-order valence-corrected chi connectivity index (χ4v) is 5.04. The number of halogens is 1. The smallest absolute Gasteiger partial charge is 0.294 e. The van der Waals surface area contributed by atoms with Gasteiger partial charge in [-0.25, -0.2) is 0 Å². The number of rotatable bonds is 7. The van der Waals surface area contributed by atoms with Crippen LogP contribution in [0.15, 0.2) is 47.4 Å². The maximum Gasteiger partial charge on any atom is 0.294 e. The molecule has 8 nitrogen and oxygen atoms in total. The number of benzene rings is 2. The first kappa shape index (κ1) is 25.8. The molecule has 4 rings (SSSR count). The highest BCUT2D eigenvalue weighted by molar-refractivity contribution is 8.18. The predicted octanol–water partition coefficient (Wildman–Crippen LogP) is 4.71. The molecule has 0 aromatic heterocycles. The maximum absolute atomic E-state index is 12.8. The van der Waals surface area contributed by atoms with Gasteiger partial charge in [0.15, 0.2) is 6.61 Å². The zero-order valence-electron chi connectivity index (χ0n) is 19.8. The van der Waals surface area contributed by atoms with Gasteiger partial charge in [-0.2, -0.15) is 0 Å². The molecule has 2 aromatic carbocycles. The van der Waals surface area contributed by atoms with E-state index in [0.29, 0.717) is 30.1 Å². The largest absolute Gasteiger partial charge is 0.482 e. The highest BCUT2D eigenvalue weighted by atomic mass is 35.5. The highest BCUT2D eigenvalue weighted by Crippen LogP contribution is 2.34. The number of hydrogen-bond donors (Lipinski definition) is 1. The van der Waals surface area contributed by atoms with Crippen LogP contribution in [0.3, 0.4) is 0 Å². The van der Waals surface area contributed by atoms with Gasteiger partial charge in [0.05, 0.1) is 9.93 Å². The Morgan fingerprint density at radius 3 is 2.61 bits per heavy atom. The van der Waals surface area contributed by atoms with Gasteiger partial charge < -0.3 is 15.0 Å². The number of likely N-dealkylation sites (tertiary alicyclic amines) is 1. The van der Waals surface area contributed by atoms with Gasteiger partial charge in [-0.05, 0) is 79.4 Å². The normalized spacial score (nSPS) is 17.0. The summed E-state index contributed by atoms with van der Waals surface area (Å²) in [4.78, 5) is 52.8. The number of carbonyl (C=O) groups is 4. The van der Waals surface area contributed by atoms with Gasteiger partial charge >= 0.3 is 0 Å². The van der Waals surface area contributed by atoms with E-state index < -0.39 is 11.1 Å². The topological polar surface area (TPSA) is 96.0 Å². The van der Waals surface area contributed by atoms with Crippen molar-refractivity contribution in [1.82, 2.24) is 9.80 Å². The minimum atomic E-state index is -0.500. The summed E-state index contributed by atoms with van der Waals surface area (Å²) in [5.41, 5.74) is 2.29. The molecule has 0 unspecified atom stereocenters. The monoisotopic (exact) mass is 527 g/mol. The van der Waals surface area contributed by atoms with Crippen LogP contribution in [0.4, 0.5) is 10.5 Å². The van der Waals surface area contributed by atoms with E-state index in [1.807, 2.05) is 25.1 Å². The zero-order chi connectivity index (χ0) is 25.7. The SMILES string of the molecule is Cc1cccc(NC(=O)COc2ccc(/C=C3\SC(=O)N(CC(=O)N4CCCCC4)C3=O)cc2Cl)c1. The summed E-state index contributed by atoms with van der Waals surface area (Å²) < 4.78 is 5.54. The third-order valence-electron chi connectivity index (χ3n) is 5.79. The van der Waals surface area contributed by atoms with Crippen LogP contribution in [0.2, 0.25) is 5.02 Å². The Bertz CT molecular complexity index is 1230. The van der Waals surface area contributed by atoms with Crippen molar-refractivity contribution in [2.75, 3.05) is 31.6 Å². The Morgan fingerprint density at radius 2 is 1.89 bits per heavy atom. The first-order valence-corrected chi connectivity index (χ1v) is 12.8. The minimum Gasteiger partial charge on any atom is -0.482 e. The van der Waals surface area contributed by atoms with E-state index in [1.165, 1.54) is 0 Å². The van der Waals surface area contributed by atoms with Gasteiger partial charge in [-0.1, -0.05) is 29.8 Å². The van der Waals surface area contributed by atoms with E-state index in [9.17, 15) is 19.2 Å². The van der Waals surface area contributed by atoms with Gasteiger partial charge in [0.2, 0.25) is 5.91 Å². The molecule has 2 saturated heterocycles. The van der Waals surface area contributed by atoms with Crippen molar-refractivity contribution in [3.63, 3.8) is 0 Å². The average Bonchev–Trinajstić information content (AvgIpc) is 3.11. The first-order chi connectivity index (χ1) is 17.3. The minimum absolute atomic E-state index is 0.214. The van der Waals surface area contributed by atoms with Crippen molar-refractivity contribution in [3.8, 4) is 5.75 Å². The average molecular weight is 528 g/mol. The van der Waals surface area contributed by atoms with Gasteiger partial charge in [-0.15, -0.1) is 0 Å². The summed E-state index contributed by atoms with van der Waals surface area (Å²) in [6.45, 7) is 2.77. The van der Waals surface area contributed by atoms with Crippen LogP contribution in [0.25, 0.3) is 6.08 Å². The number of ether oxygens (including phenoxy) is 1. The molecule has 4 amide bonds. The Hall–Kier alpha value is -3.30. The van der Waals surface area contributed by atoms with Crippen molar-refractivity contribution in [2.24, 2.45) is 0 Å². The third-order valence-corrected chi connectivity index (χ3v) is 6.99. The molecule has 2 fully saturated rings. The molecule has 188 valence electrons. The van der Waals surface area contributed by atoms with Crippen molar-refractivity contribution < 1.29 is 23.9 Å². The van der Waals surface area contributed by atoms with Crippen molar-refractivity contribution >= 4 is 58.1 Å². The van der Waals surface area contributed by atoms with E-state index in [2.05, 4.69) is 5.32 Å². The fourth-order valence-electron chi connectivity index (χ4n) is 3.95. The summed E-state index contributed by atoms with van der Waals surface area (Å²) in [7, 11) is 0. The molecule has 2 aliphatic rings. The Labute approximate surface area is 218 Å². The van der Waals surface area contributed by atoms with Gasteiger partial charge in [0.25, 0.3) is 17.1 Å². The highest BCUT2D eigenvalue weighted by Gasteiger charge is 2.37. The van der Waals surface area contributed by atoms with E-state index in [4.69, 9.17) is 16.3 Å². The summed E-state index contributed by atoms with van der Waals surface area (Å²) in [6, 6.07) is 12.3. The molecule has 1 N–H and O–H groups in total. The Morgan fingerprint density at radius 1 is 1.11 bits per heavy atom. The van der Waals surface area contributed by atoms with E-state index in [1.54, 1.807) is 35.2 Å². The van der Waals surface area contributed by atoms with Gasteiger partial charge in [0.1, 0.15) is 12.3 Å². The summed E-state index contributed by atoms with van der Waals surface area (Å²) >= 11 is 7.11. The van der Waals surface area contributed by atoms with Gasteiger partial charge in [0, 0.05) is 18.8 Å². The Balaban J connectivity index is 1.35. The second kappa shape index (κ2) is 11.6. The van der Waals surface area contributed by atoms with Crippen molar-refractivity contribution in [2.45, 2.75) is 26.2 Å². The van der Waals surface area contributed by atoms with E-state index in [0.717, 1.165) is 41.5 Å². The lowest BCUT2D eigenvalue weighted by Crippen LogP contribution is -2.44. The number of aryl methyl sites for hydroxylation is 1. The predicted molar refractivity (Wildman–Crippen MR) is 140 cm³/mol. The molecule has 0 aliphatic carbocycles. The van der Waals surface area contributed by atoms with Crippen LogP contribution in [-0.4, -0.2) is 59.0 Å². The molecule has 10 heteroatoms. The molecule has 2 aromatic rings. The number of imide groups is 1. The van der Waals surface area contributed by atoms with Crippen molar-refractivity contribution in [3.05, 3.63) is 63.5 Å². The standard InChI is InChI=1S/C26H26ClN3O5S/c1-17-6-5-7-19(12-17)28-23(31)16-35-21-9-8-18(13-20(21)27)14-22-25(33)30(26(34)36-22)15-24(32)29-10-3-2-4-11-29/h5-9,12-14H,2-4,10-11,15-16H2,1H3,(H,28,31)/b22-14-. The number of thioether (sulfide) groups is 1. The van der Waals surface area contributed by atoms with Crippen LogP contribution in [0.5, 0.6) is 5.75 Å². The summed E-state index contributed by atoms with van der Waals surface area (Å²) in [5, 5.41) is 2.55. The molecule has 2 heterocycles. The van der Waals surface area contributed by atoms with Crippen LogP contribution >= 0.6 is 23.4 Å². The second-order valence-electron chi connectivity index (χ2n) is 8.61. The lowest BCUT2D eigenvalue weighted by molar-refractivity contribution is -0.136. The molecular formula is C26H26ClN3O5S. The van der Waals surface area contributed by atoms with Gasteiger partial charge in [-0.3, -0.25) is 24.1 Å². The molecular weight excluding hydrogens is 502 g/mol. The van der Waals surface area contributed by atoms with Crippen LogP contribution in [0, 0.1) is 6.92 Å². The number of carbonyl (C=O) groups excluding carboxylic acids is 4. The van der Waals surface area contributed by atoms with E-state index >= 15 is 0 Å². The zero-order valence-corrected chi connectivity index (χ0v) is 21.4. The second-order valence-corrected chi connectivity index (χ2v) is 10.0. The molecule has 0 atom stereocenters. The molecule has 0 radical (unpaired) electrons. The lowest BCUT2D eigenvalue weighted by Gasteiger charge is -2.27. The molecule has 0 bridgehead atoms. The molecule has 0 saturated carbocycles. The quantitative estimate of drug-likeness (QED) is 0.524. The molecule has 0 spiro atoms. The number of amides is 4. The van der Waals surface area contributed by atoms with Crippen LogP contribution < -0.4 is 10.1 Å². The third kappa shape index (κ3) is 6.47. The van der Waals surface area contributed by atoms with Crippen LogP contribution in [-0.2, 0) is 14.4 Å². The number of nitrogens with zero attached hydrogens (tertiary/aromatic N) is 2. The number of anilines is 1. The number of nitrogens with one attached hydrogen (secondary N) is 1. The fraction of sp³-hybridized carbons (Fsp3) is 0.308. The van der Waals surface area contributed by atoms with E-state index in [-0.39, 0.29) is 34.9 Å². The maximum atomic E-state index is 12.8. The molecule has 36 heavy (non-hydrogen) atoms.